The number of aromatic amines is 1. The van der Waals surface area contributed by atoms with Gasteiger partial charge in [0.15, 0.2) is 0 Å². The molecule has 0 amide bonds. The standard InChI is InChI=1S/C12H9N3O/c1-8-6-11(9-2-4-14-5-3-9)15-12(16)10(8)7-13/h2-6H,1H3,(H,15,16). The highest BCUT2D eigenvalue weighted by molar-refractivity contribution is 5.60. The van der Waals surface area contributed by atoms with E-state index in [1.165, 1.54) is 0 Å². The lowest BCUT2D eigenvalue weighted by Crippen LogP contribution is -2.12. The highest BCUT2D eigenvalue weighted by Crippen LogP contribution is 2.16. The number of rotatable bonds is 1. The Kier molecular flexibility index (Phi) is 2.52. The van der Waals surface area contributed by atoms with Crippen molar-refractivity contribution in [1.82, 2.24) is 9.97 Å². The number of pyridine rings is 2. The summed E-state index contributed by atoms with van der Waals surface area (Å²) in [6.07, 6.45) is 3.31. The number of aromatic nitrogens is 2. The molecule has 78 valence electrons. The molecule has 0 fully saturated rings. The van der Waals surface area contributed by atoms with Gasteiger partial charge in [-0.15, -0.1) is 0 Å². The fraction of sp³-hybridized carbons (Fsp3) is 0.0833. The Balaban J connectivity index is 2.63. The number of hydrogen-bond donors (Lipinski definition) is 1. The van der Waals surface area contributed by atoms with E-state index in [-0.39, 0.29) is 11.1 Å². The molecule has 0 aliphatic rings. The van der Waals surface area contributed by atoms with E-state index in [4.69, 9.17) is 5.26 Å². The molecule has 2 rings (SSSR count). The van der Waals surface area contributed by atoms with Gasteiger partial charge in [0.05, 0.1) is 0 Å². The van der Waals surface area contributed by atoms with Crippen molar-refractivity contribution >= 4 is 0 Å². The maximum Gasteiger partial charge on any atom is 0.266 e. The third-order valence-corrected chi connectivity index (χ3v) is 2.33. The van der Waals surface area contributed by atoms with Gasteiger partial charge < -0.3 is 4.98 Å². The summed E-state index contributed by atoms with van der Waals surface area (Å²) in [6.45, 7) is 1.75. The first kappa shape index (κ1) is 10.1. The highest BCUT2D eigenvalue weighted by atomic mass is 16.1. The molecular weight excluding hydrogens is 202 g/mol. The molecule has 2 heterocycles. The van der Waals surface area contributed by atoms with Crippen molar-refractivity contribution in [3.05, 3.63) is 52.1 Å². The van der Waals surface area contributed by atoms with Gasteiger partial charge in [0.25, 0.3) is 5.56 Å². The summed E-state index contributed by atoms with van der Waals surface area (Å²) in [7, 11) is 0. The maximum absolute atomic E-state index is 11.6. The SMILES string of the molecule is Cc1cc(-c2ccncc2)[nH]c(=O)c1C#N. The van der Waals surface area contributed by atoms with Gasteiger partial charge in [0, 0.05) is 23.7 Å². The second kappa shape index (κ2) is 3.99. The van der Waals surface area contributed by atoms with Crippen molar-refractivity contribution in [1.29, 1.82) is 5.26 Å². The molecule has 0 spiro atoms. The van der Waals surface area contributed by atoms with E-state index in [0.29, 0.717) is 11.3 Å². The van der Waals surface area contributed by atoms with Gasteiger partial charge in [-0.2, -0.15) is 5.26 Å². The molecule has 0 saturated carbocycles. The lowest BCUT2D eigenvalue weighted by molar-refractivity contribution is 1.18. The Labute approximate surface area is 92.2 Å². The topological polar surface area (TPSA) is 69.5 Å². The first-order chi connectivity index (χ1) is 7.72. The Bertz CT molecular complexity index is 608. The van der Waals surface area contributed by atoms with Crippen LogP contribution in [0.4, 0.5) is 0 Å². The third kappa shape index (κ3) is 1.71. The largest absolute Gasteiger partial charge is 0.321 e. The summed E-state index contributed by atoms with van der Waals surface area (Å²) >= 11 is 0. The Morgan fingerprint density at radius 3 is 2.62 bits per heavy atom. The molecule has 0 aliphatic heterocycles. The van der Waals surface area contributed by atoms with Gasteiger partial charge in [-0.05, 0) is 30.7 Å². The van der Waals surface area contributed by atoms with Gasteiger partial charge in [-0.3, -0.25) is 9.78 Å². The average molecular weight is 211 g/mol. The predicted octanol–water partition coefficient (Wildman–Crippen LogP) is 1.62. The fourth-order valence-electron chi connectivity index (χ4n) is 1.51. The zero-order valence-electron chi connectivity index (χ0n) is 8.69. The molecule has 2 aromatic rings. The van der Waals surface area contributed by atoms with E-state index in [9.17, 15) is 4.79 Å². The zero-order valence-corrected chi connectivity index (χ0v) is 8.69. The van der Waals surface area contributed by atoms with Crippen LogP contribution in [-0.2, 0) is 0 Å². The number of hydrogen-bond acceptors (Lipinski definition) is 3. The Morgan fingerprint density at radius 1 is 1.38 bits per heavy atom. The van der Waals surface area contributed by atoms with Crippen molar-refractivity contribution < 1.29 is 0 Å². The van der Waals surface area contributed by atoms with E-state index in [1.54, 1.807) is 37.5 Å². The Morgan fingerprint density at radius 2 is 2.06 bits per heavy atom. The monoisotopic (exact) mass is 211 g/mol. The second-order valence-corrected chi connectivity index (χ2v) is 3.42. The van der Waals surface area contributed by atoms with E-state index in [2.05, 4.69) is 9.97 Å². The normalized spacial score (nSPS) is 9.75. The predicted molar refractivity (Wildman–Crippen MR) is 59.7 cm³/mol. The number of aryl methyl sites for hydroxylation is 1. The van der Waals surface area contributed by atoms with E-state index in [1.807, 2.05) is 6.07 Å². The van der Waals surface area contributed by atoms with Crippen LogP contribution >= 0.6 is 0 Å². The molecule has 4 nitrogen and oxygen atoms in total. The molecule has 4 heteroatoms. The highest BCUT2D eigenvalue weighted by Gasteiger charge is 2.06. The number of H-pyrrole nitrogens is 1. The van der Waals surface area contributed by atoms with Gasteiger partial charge in [0.1, 0.15) is 11.6 Å². The summed E-state index contributed by atoms with van der Waals surface area (Å²) in [5.41, 5.74) is 2.06. The second-order valence-electron chi connectivity index (χ2n) is 3.42. The fourth-order valence-corrected chi connectivity index (χ4v) is 1.51. The summed E-state index contributed by atoms with van der Waals surface area (Å²) in [5.74, 6) is 0. The van der Waals surface area contributed by atoms with Crippen molar-refractivity contribution in [2.75, 3.05) is 0 Å². The van der Waals surface area contributed by atoms with Crippen molar-refractivity contribution in [2.24, 2.45) is 0 Å². The van der Waals surface area contributed by atoms with Gasteiger partial charge in [-0.25, -0.2) is 0 Å². The Hall–Kier alpha value is -2.41. The summed E-state index contributed by atoms with van der Waals surface area (Å²) in [5, 5.41) is 8.78. The quantitative estimate of drug-likeness (QED) is 0.779. The van der Waals surface area contributed by atoms with Crippen molar-refractivity contribution in [3.8, 4) is 17.3 Å². The lowest BCUT2D eigenvalue weighted by atomic mass is 10.1. The number of nitrogens with one attached hydrogen (secondary N) is 1. The summed E-state index contributed by atoms with van der Waals surface area (Å²) < 4.78 is 0. The molecule has 0 bridgehead atoms. The number of nitriles is 1. The van der Waals surface area contributed by atoms with E-state index in [0.717, 1.165) is 5.56 Å². The van der Waals surface area contributed by atoms with Crippen LogP contribution in [0, 0.1) is 18.3 Å². The minimum Gasteiger partial charge on any atom is -0.321 e. The minimum atomic E-state index is -0.352. The molecule has 0 atom stereocenters. The van der Waals surface area contributed by atoms with Crippen LogP contribution in [0.5, 0.6) is 0 Å². The molecule has 0 unspecified atom stereocenters. The lowest BCUT2D eigenvalue weighted by Gasteiger charge is -2.03. The minimum absolute atomic E-state index is 0.165. The van der Waals surface area contributed by atoms with Crippen LogP contribution in [0.3, 0.4) is 0 Å². The van der Waals surface area contributed by atoms with Crippen LogP contribution in [0.25, 0.3) is 11.3 Å². The zero-order chi connectivity index (χ0) is 11.5. The van der Waals surface area contributed by atoms with Crippen LogP contribution in [-0.4, -0.2) is 9.97 Å². The summed E-state index contributed by atoms with van der Waals surface area (Å²) in [4.78, 5) is 18.2. The first-order valence-electron chi connectivity index (χ1n) is 4.77. The van der Waals surface area contributed by atoms with Crippen LogP contribution in [0.15, 0.2) is 35.4 Å². The molecule has 16 heavy (non-hydrogen) atoms. The number of nitrogens with zero attached hydrogens (tertiary/aromatic N) is 2. The van der Waals surface area contributed by atoms with Crippen LogP contribution in [0.1, 0.15) is 11.1 Å². The molecular formula is C12H9N3O. The summed E-state index contributed by atoms with van der Waals surface area (Å²) in [6, 6.07) is 7.28. The van der Waals surface area contributed by atoms with Gasteiger partial charge in [-0.1, -0.05) is 0 Å². The van der Waals surface area contributed by atoms with Crippen molar-refractivity contribution in [3.63, 3.8) is 0 Å². The van der Waals surface area contributed by atoms with Crippen LogP contribution < -0.4 is 5.56 Å². The van der Waals surface area contributed by atoms with Gasteiger partial charge >= 0.3 is 0 Å². The molecule has 0 aliphatic carbocycles. The van der Waals surface area contributed by atoms with Crippen LogP contribution in [0.2, 0.25) is 0 Å². The van der Waals surface area contributed by atoms with Crippen molar-refractivity contribution in [2.45, 2.75) is 6.92 Å². The van der Waals surface area contributed by atoms with E-state index >= 15 is 0 Å². The smallest absolute Gasteiger partial charge is 0.266 e. The molecule has 2 aromatic heterocycles. The van der Waals surface area contributed by atoms with E-state index < -0.39 is 0 Å². The maximum atomic E-state index is 11.6. The average Bonchev–Trinajstić information content (AvgIpc) is 2.30. The molecule has 0 saturated heterocycles. The van der Waals surface area contributed by atoms with Gasteiger partial charge in [0.2, 0.25) is 0 Å². The molecule has 1 N–H and O–H groups in total. The molecule has 0 aromatic carbocycles. The first-order valence-corrected chi connectivity index (χ1v) is 4.77. The third-order valence-electron chi connectivity index (χ3n) is 2.33. The molecule has 0 radical (unpaired) electrons.